The molecular formula is C23H31N3O. The van der Waals surface area contributed by atoms with E-state index in [0.29, 0.717) is 6.42 Å². The molecule has 0 aliphatic carbocycles. The van der Waals surface area contributed by atoms with E-state index < -0.39 is 0 Å². The number of nitrogens with one attached hydrogen (secondary N) is 1. The first-order chi connectivity index (χ1) is 13.2. The number of amides is 1. The Hall–Kier alpha value is -2.33. The Balaban J connectivity index is 1.46. The van der Waals surface area contributed by atoms with Crippen molar-refractivity contribution in [2.24, 2.45) is 0 Å². The average molecular weight is 366 g/mol. The average Bonchev–Trinajstić information content (AvgIpc) is 2.73. The van der Waals surface area contributed by atoms with Crippen molar-refractivity contribution >= 4 is 17.3 Å². The molecule has 0 atom stereocenters. The van der Waals surface area contributed by atoms with Crippen LogP contribution in [0.3, 0.4) is 0 Å². The van der Waals surface area contributed by atoms with Crippen LogP contribution in [-0.4, -0.2) is 43.5 Å². The number of hydrogen-bond acceptors (Lipinski definition) is 3. The van der Waals surface area contributed by atoms with Gasteiger partial charge in [0.1, 0.15) is 0 Å². The normalized spacial score (nSPS) is 15.0. The van der Waals surface area contributed by atoms with E-state index in [9.17, 15) is 4.79 Å². The highest BCUT2D eigenvalue weighted by atomic mass is 16.1. The van der Waals surface area contributed by atoms with E-state index >= 15 is 0 Å². The van der Waals surface area contributed by atoms with Gasteiger partial charge in [0.05, 0.1) is 0 Å². The molecule has 4 heteroatoms. The van der Waals surface area contributed by atoms with Gasteiger partial charge in [-0.25, -0.2) is 0 Å². The van der Waals surface area contributed by atoms with E-state index in [1.165, 1.54) is 16.8 Å². The van der Waals surface area contributed by atoms with Gasteiger partial charge in [0.15, 0.2) is 0 Å². The van der Waals surface area contributed by atoms with Crippen LogP contribution < -0.4 is 10.2 Å². The zero-order valence-electron chi connectivity index (χ0n) is 16.6. The van der Waals surface area contributed by atoms with E-state index in [4.69, 9.17) is 0 Å². The lowest BCUT2D eigenvalue weighted by Gasteiger charge is -2.35. The third-order valence-corrected chi connectivity index (χ3v) is 5.41. The first-order valence-corrected chi connectivity index (χ1v) is 10.1. The van der Waals surface area contributed by atoms with Gasteiger partial charge in [0.25, 0.3) is 0 Å². The molecule has 1 fully saturated rings. The van der Waals surface area contributed by atoms with E-state index in [-0.39, 0.29) is 5.91 Å². The van der Waals surface area contributed by atoms with Crippen molar-refractivity contribution in [3.8, 4) is 0 Å². The summed E-state index contributed by atoms with van der Waals surface area (Å²) in [6.45, 7) is 9.86. The monoisotopic (exact) mass is 365 g/mol. The molecular weight excluding hydrogens is 334 g/mol. The maximum absolute atomic E-state index is 12.2. The van der Waals surface area contributed by atoms with E-state index in [1.807, 2.05) is 12.1 Å². The Bertz CT molecular complexity index is 716. The first kappa shape index (κ1) is 19.4. The zero-order chi connectivity index (χ0) is 19.1. The molecule has 1 saturated heterocycles. The van der Waals surface area contributed by atoms with Crippen LogP contribution in [0.4, 0.5) is 11.4 Å². The predicted molar refractivity (Wildman–Crippen MR) is 114 cm³/mol. The maximum atomic E-state index is 12.2. The smallest absolute Gasteiger partial charge is 0.224 e. The number of piperazine rings is 1. The summed E-state index contributed by atoms with van der Waals surface area (Å²) in [6.07, 6.45) is 2.33. The fraction of sp³-hybridized carbons (Fsp3) is 0.435. The minimum absolute atomic E-state index is 0.0684. The summed E-state index contributed by atoms with van der Waals surface area (Å²) in [5.41, 5.74) is 4.65. The van der Waals surface area contributed by atoms with Gasteiger partial charge in [-0.3, -0.25) is 4.79 Å². The molecule has 0 spiro atoms. The number of nitrogens with zero attached hydrogens (tertiary/aromatic N) is 2. The molecule has 144 valence electrons. The minimum Gasteiger partial charge on any atom is -0.369 e. The van der Waals surface area contributed by atoms with Crippen LogP contribution in [0.15, 0.2) is 48.5 Å². The number of anilines is 2. The van der Waals surface area contributed by atoms with Gasteiger partial charge in [0.2, 0.25) is 5.91 Å². The first-order valence-electron chi connectivity index (χ1n) is 10.1. The third kappa shape index (κ3) is 5.57. The van der Waals surface area contributed by atoms with Crippen molar-refractivity contribution in [2.45, 2.75) is 33.1 Å². The fourth-order valence-electron chi connectivity index (χ4n) is 3.50. The lowest BCUT2D eigenvalue weighted by atomic mass is 10.1. The largest absolute Gasteiger partial charge is 0.369 e. The van der Waals surface area contributed by atoms with E-state index in [1.54, 1.807) is 0 Å². The maximum Gasteiger partial charge on any atom is 0.224 e. The molecule has 0 saturated carbocycles. The molecule has 27 heavy (non-hydrogen) atoms. The van der Waals surface area contributed by atoms with Crippen molar-refractivity contribution in [1.29, 1.82) is 0 Å². The second-order valence-corrected chi connectivity index (χ2v) is 7.19. The van der Waals surface area contributed by atoms with E-state index in [2.05, 4.69) is 65.4 Å². The quantitative estimate of drug-likeness (QED) is 0.807. The van der Waals surface area contributed by atoms with Crippen LogP contribution in [0.2, 0.25) is 0 Å². The number of carbonyl (C=O) groups is 1. The number of aryl methyl sites for hydroxylation is 2. The molecule has 2 aromatic carbocycles. The number of likely N-dealkylation sites (N-methyl/N-ethyl adjacent to an activating group) is 1. The van der Waals surface area contributed by atoms with Crippen LogP contribution in [0.25, 0.3) is 0 Å². The SMILES string of the molecule is CCc1ccc(CCC(=O)Nc2ccc(N3CCN(CC)CC3)cc2)cc1. The molecule has 2 aromatic rings. The molecule has 0 bridgehead atoms. The summed E-state index contributed by atoms with van der Waals surface area (Å²) in [5.74, 6) is 0.0684. The highest BCUT2D eigenvalue weighted by molar-refractivity contribution is 5.91. The molecule has 1 aliphatic heterocycles. The van der Waals surface area contributed by atoms with Crippen molar-refractivity contribution < 1.29 is 4.79 Å². The van der Waals surface area contributed by atoms with E-state index in [0.717, 1.165) is 51.3 Å². The topological polar surface area (TPSA) is 35.6 Å². The Morgan fingerprint density at radius 2 is 1.52 bits per heavy atom. The number of benzene rings is 2. The number of hydrogen-bond donors (Lipinski definition) is 1. The molecule has 1 N–H and O–H groups in total. The highest BCUT2D eigenvalue weighted by Crippen LogP contribution is 2.20. The standard InChI is InChI=1S/C23H31N3O/c1-3-19-5-7-20(8-6-19)9-14-23(27)24-21-10-12-22(13-11-21)26-17-15-25(4-2)16-18-26/h5-8,10-13H,3-4,9,14-18H2,1-2H3,(H,24,27). The van der Waals surface area contributed by atoms with Crippen LogP contribution in [0.1, 0.15) is 31.4 Å². The predicted octanol–water partition coefficient (Wildman–Crippen LogP) is 3.96. The van der Waals surface area contributed by atoms with Crippen molar-refractivity contribution in [3.63, 3.8) is 0 Å². The number of carbonyl (C=O) groups excluding carboxylic acids is 1. The Morgan fingerprint density at radius 3 is 2.11 bits per heavy atom. The Morgan fingerprint density at radius 1 is 0.889 bits per heavy atom. The second-order valence-electron chi connectivity index (χ2n) is 7.19. The summed E-state index contributed by atoms with van der Waals surface area (Å²) in [7, 11) is 0. The van der Waals surface area contributed by atoms with Gasteiger partial charge in [-0.2, -0.15) is 0 Å². The zero-order valence-corrected chi connectivity index (χ0v) is 16.6. The van der Waals surface area contributed by atoms with Gasteiger partial charge >= 0.3 is 0 Å². The van der Waals surface area contributed by atoms with Gasteiger partial charge in [-0.1, -0.05) is 38.1 Å². The minimum atomic E-state index is 0.0684. The molecule has 0 radical (unpaired) electrons. The van der Waals surface area contributed by atoms with Crippen LogP contribution in [0, 0.1) is 0 Å². The Labute approximate surface area is 163 Å². The molecule has 0 aromatic heterocycles. The van der Waals surface area contributed by atoms with Crippen molar-refractivity contribution in [1.82, 2.24) is 4.90 Å². The number of rotatable bonds is 7. The van der Waals surface area contributed by atoms with Gasteiger partial charge < -0.3 is 15.1 Å². The lowest BCUT2D eigenvalue weighted by Crippen LogP contribution is -2.46. The summed E-state index contributed by atoms with van der Waals surface area (Å²) < 4.78 is 0. The third-order valence-electron chi connectivity index (χ3n) is 5.41. The summed E-state index contributed by atoms with van der Waals surface area (Å²) in [5, 5.41) is 3.02. The Kier molecular flexibility index (Phi) is 6.88. The van der Waals surface area contributed by atoms with Gasteiger partial charge in [-0.15, -0.1) is 0 Å². The summed E-state index contributed by atoms with van der Waals surface area (Å²) >= 11 is 0. The second kappa shape index (κ2) is 9.56. The molecule has 3 rings (SSSR count). The highest BCUT2D eigenvalue weighted by Gasteiger charge is 2.15. The van der Waals surface area contributed by atoms with Crippen LogP contribution >= 0.6 is 0 Å². The fourth-order valence-corrected chi connectivity index (χ4v) is 3.50. The molecule has 4 nitrogen and oxygen atoms in total. The molecule has 1 heterocycles. The van der Waals surface area contributed by atoms with Crippen LogP contribution in [0.5, 0.6) is 0 Å². The van der Waals surface area contributed by atoms with Crippen molar-refractivity contribution in [2.75, 3.05) is 42.9 Å². The molecule has 0 unspecified atom stereocenters. The van der Waals surface area contributed by atoms with Gasteiger partial charge in [0, 0.05) is 44.0 Å². The summed E-state index contributed by atoms with van der Waals surface area (Å²) in [6, 6.07) is 16.8. The van der Waals surface area contributed by atoms with Crippen molar-refractivity contribution in [3.05, 3.63) is 59.7 Å². The van der Waals surface area contributed by atoms with Crippen LogP contribution in [-0.2, 0) is 17.6 Å². The molecule has 1 aliphatic rings. The lowest BCUT2D eigenvalue weighted by molar-refractivity contribution is -0.116. The molecule has 1 amide bonds. The summed E-state index contributed by atoms with van der Waals surface area (Å²) in [4.78, 5) is 17.1. The van der Waals surface area contributed by atoms with Gasteiger partial charge in [-0.05, 0) is 54.8 Å².